The fourth-order valence-electron chi connectivity index (χ4n) is 0.925. The molecule has 0 saturated carbocycles. The Kier molecular flexibility index (Phi) is 28.9. The molecular formula is C14H31AlO2. The summed E-state index contributed by atoms with van der Waals surface area (Å²) in [5, 5.41) is 20.3. The van der Waals surface area contributed by atoms with Crippen LogP contribution in [0.3, 0.4) is 0 Å². The van der Waals surface area contributed by atoms with Crippen molar-refractivity contribution in [2.75, 3.05) is 0 Å². The SMILES string of the molecule is CC(C)[O-].CC(C)[O-].CCCCCCC[CH2][Al+2]. The zero-order chi connectivity index (χ0) is 14.1. The van der Waals surface area contributed by atoms with Crippen LogP contribution in [-0.2, 0) is 0 Å². The van der Waals surface area contributed by atoms with Crippen molar-refractivity contribution in [3.8, 4) is 0 Å². The van der Waals surface area contributed by atoms with Crippen molar-refractivity contribution in [1.29, 1.82) is 0 Å². The van der Waals surface area contributed by atoms with Gasteiger partial charge in [-0.1, -0.05) is 27.7 Å². The number of hydrogen-bond donors (Lipinski definition) is 0. The van der Waals surface area contributed by atoms with Gasteiger partial charge in [-0.25, -0.2) is 0 Å². The number of hydrogen-bond acceptors (Lipinski definition) is 2. The van der Waals surface area contributed by atoms with Gasteiger partial charge >= 0.3 is 67.0 Å². The first-order valence-corrected chi connectivity index (χ1v) is 7.71. The van der Waals surface area contributed by atoms with Crippen molar-refractivity contribution in [2.45, 2.75) is 90.6 Å². The third kappa shape index (κ3) is 82.5. The van der Waals surface area contributed by atoms with Gasteiger partial charge in [-0.15, -0.1) is 12.2 Å². The first-order valence-electron chi connectivity index (χ1n) is 6.90. The normalized spacial score (nSPS) is 9.59. The van der Waals surface area contributed by atoms with E-state index < -0.39 is 12.2 Å². The molecule has 0 rings (SSSR count). The molecule has 0 N–H and O–H groups in total. The molecule has 0 aromatic carbocycles. The standard InChI is InChI=1S/C8H17.2C3H7O.Al/c1-3-5-7-8-6-4-2;2*1-3(2)4;/h1,3-8H2,2H3;2*3H,1-2H3;/q;2*-1;+2. The fraction of sp³-hybridized carbons (Fsp3) is 1.00. The predicted octanol–water partition coefficient (Wildman–Crippen LogP) is 2.44. The molecule has 0 bridgehead atoms. The zero-order valence-electron chi connectivity index (χ0n) is 12.5. The summed E-state index contributed by atoms with van der Waals surface area (Å²) in [4.78, 5) is 0. The molecule has 0 unspecified atom stereocenters. The van der Waals surface area contributed by atoms with Gasteiger partial charge in [-0.3, -0.25) is 0 Å². The second kappa shape index (κ2) is 21.7. The van der Waals surface area contributed by atoms with Gasteiger partial charge in [0.2, 0.25) is 0 Å². The molecule has 0 spiro atoms. The van der Waals surface area contributed by atoms with Gasteiger partial charge in [0.15, 0.2) is 0 Å². The van der Waals surface area contributed by atoms with Gasteiger partial charge in [0.25, 0.3) is 0 Å². The van der Waals surface area contributed by atoms with E-state index in [1.165, 1.54) is 43.8 Å². The van der Waals surface area contributed by atoms with Crippen molar-refractivity contribution in [2.24, 2.45) is 0 Å². The molecule has 3 heteroatoms. The summed E-state index contributed by atoms with van der Waals surface area (Å²) in [6.07, 6.45) is 7.68. The van der Waals surface area contributed by atoms with E-state index in [0.717, 1.165) is 0 Å². The molecule has 17 heavy (non-hydrogen) atoms. The van der Waals surface area contributed by atoms with Crippen LogP contribution in [0.25, 0.3) is 0 Å². The third-order valence-corrected chi connectivity index (χ3v) is 1.97. The zero-order valence-corrected chi connectivity index (χ0v) is 13.7. The molecule has 0 saturated heterocycles. The van der Waals surface area contributed by atoms with E-state index in [4.69, 9.17) is 0 Å². The summed E-state index contributed by atoms with van der Waals surface area (Å²) in [5.41, 5.74) is 0. The number of rotatable bonds is 6. The average molecular weight is 258 g/mol. The molecular weight excluding hydrogens is 227 g/mol. The van der Waals surface area contributed by atoms with E-state index in [9.17, 15) is 10.2 Å². The monoisotopic (exact) mass is 258 g/mol. The van der Waals surface area contributed by atoms with Crippen molar-refractivity contribution in [3.63, 3.8) is 0 Å². The van der Waals surface area contributed by atoms with Crippen molar-refractivity contribution in [1.82, 2.24) is 0 Å². The molecule has 0 heterocycles. The third-order valence-electron chi connectivity index (χ3n) is 1.56. The first kappa shape index (κ1) is 22.6. The second-order valence-corrected chi connectivity index (χ2v) is 5.23. The Labute approximate surface area is 117 Å². The molecule has 0 aliphatic heterocycles. The Balaban J connectivity index is -0.000000205. The molecule has 102 valence electrons. The summed E-state index contributed by atoms with van der Waals surface area (Å²) < 4.78 is 0. The number of unbranched alkanes of at least 4 members (excludes halogenated alkanes) is 5. The molecule has 0 amide bonds. The maximum atomic E-state index is 9.53. The van der Waals surface area contributed by atoms with E-state index in [-0.39, 0.29) is 0 Å². The molecule has 0 atom stereocenters. The Hall–Kier alpha value is 0.452. The molecule has 0 aliphatic carbocycles. The van der Waals surface area contributed by atoms with Crippen LogP contribution in [0.4, 0.5) is 0 Å². The fourth-order valence-corrected chi connectivity index (χ4v) is 1.21. The molecule has 0 aromatic heterocycles. The molecule has 0 aromatic rings. The summed E-state index contributed by atoms with van der Waals surface area (Å²) >= 11 is 2.78. The van der Waals surface area contributed by atoms with Gasteiger partial charge in [-0.2, -0.15) is 0 Å². The second-order valence-electron chi connectivity index (χ2n) is 4.65. The summed E-state index contributed by atoms with van der Waals surface area (Å²) in [6, 6.07) is 0. The van der Waals surface area contributed by atoms with Crippen LogP contribution in [0.15, 0.2) is 0 Å². The quantitative estimate of drug-likeness (QED) is 0.542. The van der Waals surface area contributed by atoms with Crippen molar-refractivity contribution in [3.05, 3.63) is 0 Å². The molecule has 0 fully saturated rings. The van der Waals surface area contributed by atoms with E-state index in [1.807, 2.05) is 0 Å². The van der Waals surface area contributed by atoms with E-state index in [1.54, 1.807) is 27.7 Å². The van der Waals surface area contributed by atoms with Crippen LogP contribution < -0.4 is 10.2 Å². The minimum absolute atomic E-state index is 0.417. The van der Waals surface area contributed by atoms with Crippen molar-refractivity contribution >= 4 is 16.3 Å². The Bertz CT molecular complexity index is 88.9. The maximum absolute atomic E-state index is 9.53. The van der Waals surface area contributed by atoms with E-state index in [0.29, 0.717) is 0 Å². The Morgan fingerprint density at radius 1 is 0.765 bits per heavy atom. The van der Waals surface area contributed by atoms with E-state index >= 15 is 0 Å². The van der Waals surface area contributed by atoms with Crippen LogP contribution in [-0.4, -0.2) is 28.5 Å². The average Bonchev–Trinajstić information content (AvgIpc) is 2.16. The Morgan fingerprint density at radius 3 is 1.35 bits per heavy atom. The van der Waals surface area contributed by atoms with Crippen LogP contribution in [0.5, 0.6) is 0 Å². The Morgan fingerprint density at radius 2 is 1.06 bits per heavy atom. The van der Waals surface area contributed by atoms with Gasteiger partial charge in [0, 0.05) is 0 Å². The minimum atomic E-state index is -0.417. The van der Waals surface area contributed by atoms with Crippen LogP contribution in [0.1, 0.15) is 73.1 Å². The first-order chi connectivity index (χ1) is 7.88. The van der Waals surface area contributed by atoms with E-state index in [2.05, 4.69) is 23.2 Å². The topological polar surface area (TPSA) is 46.1 Å². The van der Waals surface area contributed by atoms with Gasteiger partial charge < -0.3 is 10.2 Å². The molecule has 0 aliphatic rings. The van der Waals surface area contributed by atoms with Gasteiger partial charge in [-0.05, 0) is 0 Å². The summed E-state index contributed by atoms with van der Waals surface area (Å²) in [5.74, 6) is 0. The molecule has 2 nitrogen and oxygen atoms in total. The van der Waals surface area contributed by atoms with Crippen LogP contribution >= 0.6 is 0 Å². The van der Waals surface area contributed by atoms with Crippen LogP contribution in [0, 0.1) is 0 Å². The van der Waals surface area contributed by atoms with Gasteiger partial charge in [0.1, 0.15) is 0 Å². The van der Waals surface area contributed by atoms with Gasteiger partial charge in [0.05, 0.1) is 0 Å². The van der Waals surface area contributed by atoms with Crippen LogP contribution in [0.2, 0.25) is 5.28 Å². The molecule has 0 radical (unpaired) electrons. The summed E-state index contributed by atoms with van der Waals surface area (Å²) in [7, 11) is 0. The van der Waals surface area contributed by atoms with Crippen molar-refractivity contribution < 1.29 is 10.2 Å². The predicted molar refractivity (Wildman–Crippen MR) is 74.2 cm³/mol. The summed E-state index contributed by atoms with van der Waals surface area (Å²) in [6.45, 7) is 8.70.